The van der Waals surface area contributed by atoms with Crippen molar-refractivity contribution in [2.24, 2.45) is 4.99 Å². The number of aliphatic imine (C=N–C) groups is 1. The third kappa shape index (κ3) is 6.47. The van der Waals surface area contributed by atoms with Crippen molar-refractivity contribution in [3.05, 3.63) is 65.7 Å². The second-order valence-corrected chi connectivity index (χ2v) is 13.5. The third-order valence-corrected chi connectivity index (χ3v) is 9.03. The van der Waals surface area contributed by atoms with Crippen molar-refractivity contribution in [2.75, 3.05) is 16.4 Å². The van der Waals surface area contributed by atoms with Gasteiger partial charge in [-0.05, 0) is 51.0 Å². The number of benzene rings is 2. The summed E-state index contributed by atoms with van der Waals surface area (Å²) in [4.78, 5) is 32.3. The fourth-order valence-electron chi connectivity index (χ4n) is 4.32. The summed E-state index contributed by atoms with van der Waals surface area (Å²) in [5, 5.41) is 2.91. The van der Waals surface area contributed by atoms with E-state index in [1.807, 2.05) is 66.4 Å². The summed E-state index contributed by atoms with van der Waals surface area (Å²) in [6.45, 7) is 7.21. The Morgan fingerprint density at radius 2 is 1.86 bits per heavy atom. The fraction of sp³-hybridized carbons (Fsp3) is 0.423. The molecule has 2 aromatic rings. The van der Waals surface area contributed by atoms with Gasteiger partial charge in [-0.25, -0.2) is 13.2 Å². The maximum absolute atomic E-state index is 13.5. The van der Waals surface area contributed by atoms with E-state index >= 15 is 0 Å². The van der Waals surface area contributed by atoms with Crippen molar-refractivity contribution in [1.82, 2.24) is 5.32 Å². The number of amidine groups is 1. The van der Waals surface area contributed by atoms with Crippen LogP contribution in [-0.2, 0) is 25.8 Å². The molecule has 1 N–H and O–H groups in total. The summed E-state index contributed by atoms with van der Waals surface area (Å²) in [5.41, 5.74) is 1.95. The Bertz CT molecular complexity index is 1270. The monoisotopic (exact) mass is 529 g/mol. The lowest BCUT2D eigenvalue weighted by molar-refractivity contribution is -0.119. The summed E-state index contributed by atoms with van der Waals surface area (Å²) in [7, 11) is -3.17. The predicted molar refractivity (Wildman–Crippen MR) is 143 cm³/mol. The molecule has 2 amide bonds. The third-order valence-electron chi connectivity index (χ3n) is 5.82. The zero-order valence-corrected chi connectivity index (χ0v) is 22.4. The number of ether oxygens (including phenoxy) is 1. The average molecular weight is 530 g/mol. The van der Waals surface area contributed by atoms with Crippen LogP contribution in [0.1, 0.15) is 31.9 Å². The normalized spacial score (nSPS) is 22.8. The standard InChI is InChI=1S/C26H31N3O5S2/c1-17-9-8-12-19(13-17)29-21-15-36(32,33)16-22(21)35-24(29)28-23(30)20(14-18-10-6-5-7-11-18)27-25(31)34-26(2,3)4/h5-13,20-22H,14-16H2,1-4H3,(H,27,31)/t20-,21+,22-/m1/s1. The first-order valence-corrected chi connectivity index (χ1v) is 14.5. The van der Waals surface area contributed by atoms with Crippen LogP contribution in [0, 0.1) is 6.92 Å². The Labute approximate surface area is 216 Å². The van der Waals surface area contributed by atoms with E-state index in [9.17, 15) is 18.0 Å². The van der Waals surface area contributed by atoms with Gasteiger partial charge in [0.05, 0.1) is 17.5 Å². The molecule has 10 heteroatoms. The molecule has 0 spiro atoms. The van der Waals surface area contributed by atoms with Gasteiger partial charge in [0.25, 0.3) is 5.91 Å². The number of hydrogen-bond acceptors (Lipinski definition) is 6. The van der Waals surface area contributed by atoms with Crippen LogP contribution in [0.4, 0.5) is 10.5 Å². The predicted octanol–water partition coefficient (Wildman–Crippen LogP) is 3.73. The van der Waals surface area contributed by atoms with Gasteiger partial charge in [-0.3, -0.25) is 4.79 Å². The van der Waals surface area contributed by atoms with E-state index in [1.165, 1.54) is 11.8 Å². The molecular formula is C26H31N3O5S2. The lowest BCUT2D eigenvalue weighted by atomic mass is 10.1. The van der Waals surface area contributed by atoms with Crippen LogP contribution in [0.2, 0.25) is 0 Å². The van der Waals surface area contributed by atoms with Gasteiger partial charge in [-0.15, -0.1) is 0 Å². The minimum Gasteiger partial charge on any atom is -0.444 e. The molecule has 2 aliphatic heterocycles. The Morgan fingerprint density at radius 3 is 2.53 bits per heavy atom. The first-order valence-electron chi connectivity index (χ1n) is 11.8. The Balaban J connectivity index is 1.65. The Hall–Kier alpha value is -2.85. The van der Waals surface area contributed by atoms with Crippen molar-refractivity contribution in [1.29, 1.82) is 0 Å². The Kier molecular flexibility index (Phi) is 7.47. The molecule has 2 fully saturated rings. The van der Waals surface area contributed by atoms with Gasteiger partial charge in [0.2, 0.25) is 0 Å². The molecule has 2 aliphatic rings. The summed E-state index contributed by atoms with van der Waals surface area (Å²) in [6, 6.07) is 15.8. The molecule has 0 aromatic heterocycles. The SMILES string of the molecule is Cc1cccc(N2C(=NC(=O)[C@@H](Cc3ccccc3)NC(=O)OC(C)(C)C)S[C@@H]3CS(=O)(=O)C[C@@H]32)c1. The molecule has 0 saturated carbocycles. The van der Waals surface area contributed by atoms with E-state index in [4.69, 9.17) is 4.74 Å². The largest absolute Gasteiger partial charge is 0.444 e. The van der Waals surface area contributed by atoms with Gasteiger partial charge >= 0.3 is 6.09 Å². The van der Waals surface area contributed by atoms with E-state index in [1.54, 1.807) is 20.8 Å². The fourth-order valence-corrected chi connectivity index (χ4v) is 8.24. The zero-order valence-electron chi connectivity index (χ0n) is 20.8. The highest BCUT2D eigenvalue weighted by atomic mass is 32.2. The number of carbonyl (C=O) groups excluding carboxylic acids is 2. The van der Waals surface area contributed by atoms with E-state index < -0.39 is 33.5 Å². The number of aryl methyl sites for hydroxylation is 1. The molecule has 192 valence electrons. The molecule has 2 aromatic carbocycles. The molecule has 0 unspecified atom stereocenters. The van der Waals surface area contributed by atoms with Crippen LogP contribution in [0.25, 0.3) is 0 Å². The molecule has 3 atom stereocenters. The molecule has 0 radical (unpaired) electrons. The molecule has 36 heavy (non-hydrogen) atoms. The number of hydrogen-bond donors (Lipinski definition) is 1. The smallest absolute Gasteiger partial charge is 0.408 e. The molecule has 8 nitrogen and oxygen atoms in total. The number of fused-ring (bicyclic) bond motifs is 1. The second-order valence-electron chi connectivity index (χ2n) is 10.1. The van der Waals surface area contributed by atoms with E-state index in [0.717, 1.165) is 16.8 Å². The van der Waals surface area contributed by atoms with Crippen molar-refractivity contribution < 1.29 is 22.7 Å². The number of alkyl carbamates (subject to hydrolysis) is 1. The number of thioether (sulfide) groups is 1. The minimum atomic E-state index is -3.17. The number of sulfone groups is 1. The van der Waals surface area contributed by atoms with Gasteiger partial charge in [0, 0.05) is 17.4 Å². The number of nitrogens with one attached hydrogen (secondary N) is 1. The van der Waals surface area contributed by atoms with Crippen molar-refractivity contribution in [2.45, 2.75) is 57.1 Å². The molecule has 0 bridgehead atoms. The van der Waals surface area contributed by atoms with E-state index in [0.29, 0.717) is 5.17 Å². The zero-order chi connectivity index (χ0) is 26.1. The van der Waals surface area contributed by atoms with Crippen LogP contribution in [0.15, 0.2) is 59.6 Å². The highest BCUT2D eigenvalue weighted by Gasteiger charge is 2.49. The highest BCUT2D eigenvalue weighted by Crippen LogP contribution is 2.41. The van der Waals surface area contributed by atoms with Crippen LogP contribution in [0.5, 0.6) is 0 Å². The summed E-state index contributed by atoms with van der Waals surface area (Å²) in [6.07, 6.45) is -0.457. The molecule has 2 heterocycles. The van der Waals surface area contributed by atoms with Crippen LogP contribution >= 0.6 is 11.8 Å². The number of nitrogens with zero attached hydrogens (tertiary/aromatic N) is 2. The van der Waals surface area contributed by atoms with Crippen molar-refractivity contribution in [3.63, 3.8) is 0 Å². The molecule has 2 saturated heterocycles. The highest BCUT2D eigenvalue weighted by molar-refractivity contribution is 8.16. The van der Waals surface area contributed by atoms with Crippen LogP contribution in [0.3, 0.4) is 0 Å². The lowest BCUT2D eigenvalue weighted by Crippen LogP contribution is -2.45. The average Bonchev–Trinajstić information content (AvgIpc) is 3.23. The quantitative estimate of drug-likeness (QED) is 0.629. The van der Waals surface area contributed by atoms with E-state index in [-0.39, 0.29) is 29.2 Å². The maximum Gasteiger partial charge on any atom is 0.408 e. The molecule has 4 rings (SSSR count). The van der Waals surface area contributed by atoms with Crippen LogP contribution < -0.4 is 10.2 Å². The number of rotatable bonds is 5. The Morgan fingerprint density at radius 1 is 1.14 bits per heavy atom. The molecule has 0 aliphatic carbocycles. The molecular weight excluding hydrogens is 498 g/mol. The summed E-state index contributed by atoms with van der Waals surface area (Å²) >= 11 is 1.31. The van der Waals surface area contributed by atoms with Gasteiger partial charge in [0.1, 0.15) is 11.6 Å². The lowest BCUT2D eigenvalue weighted by Gasteiger charge is -2.25. The van der Waals surface area contributed by atoms with E-state index in [2.05, 4.69) is 10.3 Å². The first kappa shape index (κ1) is 26.2. The van der Waals surface area contributed by atoms with Crippen molar-refractivity contribution >= 4 is 44.5 Å². The van der Waals surface area contributed by atoms with Gasteiger partial charge in [-0.2, -0.15) is 4.99 Å². The summed E-state index contributed by atoms with van der Waals surface area (Å²) in [5.74, 6) is -0.468. The van der Waals surface area contributed by atoms with Crippen LogP contribution in [-0.4, -0.2) is 60.0 Å². The maximum atomic E-state index is 13.5. The van der Waals surface area contributed by atoms with Gasteiger partial charge < -0.3 is 15.0 Å². The topological polar surface area (TPSA) is 105 Å². The number of amides is 2. The number of carbonyl (C=O) groups is 2. The minimum absolute atomic E-state index is 0.00935. The first-order chi connectivity index (χ1) is 16.9. The number of anilines is 1. The van der Waals surface area contributed by atoms with Crippen molar-refractivity contribution in [3.8, 4) is 0 Å². The van der Waals surface area contributed by atoms with Gasteiger partial charge in [0.15, 0.2) is 15.0 Å². The summed E-state index contributed by atoms with van der Waals surface area (Å²) < 4.78 is 30.1. The van der Waals surface area contributed by atoms with Gasteiger partial charge in [-0.1, -0.05) is 54.2 Å². The second kappa shape index (κ2) is 10.3.